The van der Waals surface area contributed by atoms with E-state index in [0.29, 0.717) is 12.4 Å². The van der Waals surface area contributed by atoms with Crippen LogP contribution < -0.4 is 4.90 Å². The summed E-state index contributed by atoms with van der Waals surface area (Å²) in [7, 11) is -0.0782. The quantitative estimate of drug-likeness (QED) is 0.687. The molecule has 0 aliphatic rings. The predicted molar refractivity (Wildman–Crippen MR) is 106 cm³/mol. The Morgan fingerprint density at radius 1 is 1.16 bits per heavy atom. The van der Waals surface area contributed by atoms with Crippen LogP contribution in [0.1, 0.15) is 47.2 Å². The van der Waals surface area contributed by atoms with Crippen molar-refractivity contribution in [3.8, 4) is 0 Å². The molecule has 0 aromatic carbocycles. The lowest BCUT2D eigenvalue weighted by Crippen LogP contribution is -2.41. The summed E-state index contributed by atoms with van der Waals surface area (Å²) in [5.74, 6) is 0.582. The van der Waals surface area contributed by atoms with Crippen molar-refractivity contribution in [2.45, 2.75) is 71.7 Å². The molecule has 1 rings (SSSR count). The standard InChI is InChI=1S/C19H34N2O3Si/c1-18(2,3)24-17(22)21(7)16-12-10-11-15(20-16)13-14-23-25(8,9)19(4,5)6/h10-12H,13-14H2,1-9H3. The van der Waals surface area contributed by atoms with Crippen LogP contribution in [-0.2, 0) is 15.6 Å². The van der Waals surface area contributed by atoms with Crippen molar-refractivity contribution in [1.82, 2.24) is 4.98 Å². The molecule has 0 saturated carbocycles. The maximum Gasteiger partial charge on any atom is 0.415 e. The topological polar surface area (TPSA) is 51.7 Å². The normalized spacial score (nSPS) is 12.8. The van der Waals surface area contributed by atoms with Crippen molar-refractivity contribution in [2.75, 3.05) is 18.6 Å². The van der Waals surface area contributed by atoms with Gasteiger partial charge in [-0.15, -0.1) is 0 Å². The van der Waals surface area contributed by atoms with Crippen LogP contribution in [0.25, 0.3) is 0 Å². The Labute approximate surface area is 153 Å². The van der Waals surface area contributed by atoms with E-state index in [1.54, 1.807) is 7.05 Å². The molecule has 25 heavy (non-hydrogen) atoms. The number of carbonyl (C=O) groups excluding carboxylic acids is 1. The van der Waals surface area contributed by atoms with Gasteiger partial charge in [-0.1, -0.05) is 26.8 Å². The van der Waals surface area contributed by atoms with Gasteiger partial charge in [0.05, 0.1) is 0 Å². The van der Waals surface area contributed by atoms with Crippen LogP contribution in [-0.4, -0.2) is 38.7 Å². The molecule has 0 aliphatic heterocycles. The molecule has 1 aromatic heterocycles. The van der Waals surface area contributed by atoms with E-state index < -0.39 is 20.0 Å². The molecule has 1 aromatic rings. The molecule has 6 heteroatoms. The molecule has 0 fully saturated rings. The summed E-state index contributed by atoms with van der Waals surface area (Å²) in [6, 6.07) is 5.68. The second-order valence-electron chi connectivity index (χ2n) is 8.89. The second-order valence-corrected chi connectivity index (χ2v) is 13.7. The molecule has 0 N–H and O–H groups in total. The summed E-state index contributed by atoms with van der Waals surface area (Å²) < 4.78 is 11.6. The fourth-order valence-corrected chi connectivity index (χ4v) is 2.89. The highest BCUT2D eigenvalue weighted by atomic mass is 28.4. The van der Waals surface area contributed by atoms with Gasteiger partial charge in [0.25, 0.3) is 0 Å². The zero-order valence-electron chi connectivity index (χ0n) is 17.3. The summed E-state index contributed by atoms with van der Waals surface area (Å²) in [6.07, 6.45) is 0.317. The van der Waals surface area contributed by atoms with Gasteiger partial charge in [0.15, 0.2) is 8.32 Å². The Bertz CT molecular complexity index is 589. The number of hydrogen-bond acceptors (Lipinski definition) is 4. The maximum atomic E-state index is 12.2. The minimum atomic E-state index is -1.75. The third-order valence-electron chi connectivity index (χ3n) is 4.43. The minimum absolute atomic E-state index is 0.194. The van der Waals surface area contributed by atoms with E-state index in [9.17, 15) is 4.79 Å². The Kier molecular flexibility index (Phi) is 6.81. The van der Waals surface area contributed by atoms with Gasteiger partial charge in [0.2, 0.25) is 0 Å². The average molecular weight is 367 g/mol. The molecule has 0 bridgehead atoms. The molecule has 5 nitrogen and oxygen atoms in total. The highest BCUT2D eigenvalue weighted by molar-refractivity contribution is 6.74. The van der Waals surface area contributed by atoms with Crippen molar-refractivity contribution in [1.29, 1.82) is 0 Å². The molecule has 0 atom stereocenters. The predicted octanol–water partition coefficient (Wildman–Crippen LogP) is 5.02. The summed E-state index contributed by atoms with van der Waals surface area (Å²) >= 11 is 0. The van der Waals surface area contributed by atoms with Crippen LogP contribution >= 0.6 is 0 Å². The van der Waals surface area contributed by atoms with Gasteiger partial charge in [-0.2, -0.15) is 0 Å². The number of anilines is 1. The molecule has 1 heterocycles. The van der Waals surface area contributed by atoms with E-state index in [4.69, 9.17) is 9.16 Å². The molecular formula is C19H34N2O3Si. The van der Waals surface area contributed by atoms with E-state index >= 15 is 0 Å². The van der Waals surface area contributed by atoms with Gasteiger partial charge in [-0.3, -0.25) is 4.90 Å². The molecule has 142 valence electrons. The number of rotatable bonds is 5. The summed E-state index contributed by atoms with van der Waals surface area (Å²) in [5.41, 5.74) is 0.381. The molecule has 0 radical (unpaired) electrons. The van der Waals surface area contributed by atoms with Crippen molar-refractivity contribution in [3.05, 3.63) is 23.9 Å². The van der Waals surface area contributed by atoms with Crippen LogP contribution in [0, 0.1) is 0 Å². The van der Waals surface area contributed by atoms with E-state index in [2.05, 4.69) is 38.8 Å². The first-order valence-corrected chi connectivity index (χ1v) is 11.7. The highest BCUT2D eigenvalue weighted by Crippen LogP contribution is 2.36. The first-order chi connectivity index (χ1) is 11.2. The maximum absolute atomic E-state index is 12.2. The second kappa shape index (κ2) is 7.87. The fourth-order valence-electron chi connectivity index (χ4n) is 1.84. The van der Waals surface area contributed by atoms with E-state index in [1.807, 2.05) is 39.0 Å². The number of aromatic nitrogens is 1. The lowest BCUT2D eigenvalue weighted by Gasteiger charge is -2.36. The van der Waals surface area contributed by atoms with Crippen molar-refractivity contribution < 1.29 is 14.0 Å². The lowest BCUT2D eigenvalue weighted by atomic mass is 10.2. The largest absolute Gasteiger partial charge is 0.443 e. The number of pyridine rings is 1. The Balaban J connectivity index is 2.71. The van der Waals surface area contributed by atoms with Gasteiger partial charge in [0, 0.05) is 25.8 Å². The van der Waals surface area contributed by atoms with Gasteiger partial charge in [-0.05, 0) is 51.0 Å². The highest BCUT2D eigenvalue weighted by Gasteiger charge is 2.36. The van der Waals surface area contributed by atoms with Gasteiger partial charge in [0.1, 0.15) is 11.4 Å². The number of nitrogens with zero attached hydrogens (tertiary/aromatic N) is 2. The Morgan fingerprint density at radius 2 is 1.76 bits per heavy atom. The van der Waals surface area contributed by atoms with Crippen molar-refractivity contribution in [3.63, 3.8) is 0 Å². The molecule has 1 amide bonds. The van der Waals surface area contributed by atoms with Crippen LogP contribution in [0.15, 0.2) is 18.2 Å². The molecular weight excluding hydrogens is 332 g/mol. The van der Waals surface area contributed by atoms with Crippen LogP contribution in [0.2, 0.25) is 18.1 Å². The average Bonchev–Trinajstić information content (AvgIpc) is 2.43. The van der Waals surface area contributed by atoms with Crippen LogP contribution in [0.5, 0.6) is 0 Å². The zero-order chi connectivity index (χ0) is 19.5. The SMILES string of the molecule is CN(C(=O)OC(C)(C)C)c1cccc(CCO[Si](C)(C)C(C)(C)C)n1. The van der Waals surface area contributed by atoms with Gasteiger partial charge >= 0.3 is 6.09 Å². The minimum Gasteiger partial charge on any atom is -0.443 e. The molecule has 0 saturated heterocycles. The lowest BCUT2D eigenvalue weighted by molar-refractivity contribution is 0.0588. The summed E-state index contributed by atoms with van der Waals surface area (Å²) in [5, 5.41) is 0.194. The number of amides is 1. The Hall–Kier alpha value is -1.40. The van der Waals surface area contributed by atoms with E-state index in [1.165, 1.54) is 4.90 Å². The van der Waals surface area contributed by atoms with Gasteiger partial charge in [-0.25, -0.2) is 9.78 Å². The monoisotopic (exact) mass is 366 g/mol. The van der Waals surface area contributed by atoms with Crippen LogP contribution in [0.4, 0.5) is 10.6 Å². The third-order valence-corrected chi connectivity index (χ3v) is 8.97. The van der Waals surface area contributed by atoms with Gasteiger partial charge < -0.3 is 9.16 Å². The first-order valence-electron chi connectivity index (χ1n) is 8.79. The molecule has 0 aliphatic carbocycles. The molecule has 0 unspecified atom stereocenters. The van der Waals surface area contributed by atoms with E-state index in [-0.39, 0.29) is 5.04 Å². The van der Waals surface area contributed by atoms with Crippen molar-refractivity contribution in [2.24, 2.45) is 0 Å². The van der Waals surface area contributed by atoms with Crippen molar-refractivity contribution >= 4 is 20.2 Å². The number of hydrogen-bond donors (Lipinski definition) is 0. The van der Waals surface area contributed by atoms with E-state index in [0.717, 1.165) is 12.1 Å². The Morgan fingerprint density at radius 3 is 2.28 bits per heavy atom. The molecule has 0 spiro atoms. The summed E-state index contributed by atoms with van der Waals surface area (Å²) in [4.78, 5) is 18.2. The fraction of sp³-hybridized carbons (Fsp3) is 0.684. The summed E-state index contributed by atoms with van der Waals surface area (Å²) in [6.45, 7) is 17.4. The smallest absolute Gasteiger partial charge is 0.415 e. The number of ether oxygens (including phenoxy) is 1. The number of carbonyl (C=O) groups is 1. The zero-order valence-corrected chi connectivity index (χ0v) is 18.3. The third kappa shape index (κ3) is 6.78. The van der Waals surface area contributed by atoms with Crippen LogP contribution in [0.3, 0.4) is 0 Å². The first kappa shape index (κ1) is 21.6.